The van der Waals surface area contributed by atoms with Crippen LogP contribution in [0.1, 0.15) is 32.3 Å². The second-order valence-electron chi connectivity index (χ2n) is 5.06. The van der Waals surface area contributed by atoms with Gasteiger partial charge in [-0.05, 0) is 37.3 Å². The van der Waals surface area contributed by atoms with Gasteiger partial charge < -0.3 is 5.32 Å². The first kappa shape index (κ1) is 12.3. The Balaban J connectivity index is 2.21. The predicted molar refractivity (Wildman–Crippen MR) is 61.9 cm³/mol. The van der Waals surface area contributed by atoms with E-state index in [1.807, 2.05) is 6.92 Å². The van der Waals surface area contributed by atoms with Gasteiger partial charge in [-0.2, -0.15) is 13.2 Å². The molecule has 0 aliphatic heterocycles. The summed E-state index contributed by atoms with van der Waals surface area (Å²) in [6.45, 7) is 4.04. The molecule has 1 saturated carbocycles. The Morgan fingerprint density at radius 2 is 1.82 bits per heavy atom. The monoisotopic (exact) mass is 243 g/mol. The molecule has 0 saturated heterocycles. The molecule has 1 aromatic rings. The minimum absolute atomic E-state index is 0.0611. The summed E-state index contributed by atoms with van der Waals surface area (Å²) in [5.41, 5.74) is -0.254. The zero-order chi connectivity index (χ0) is 12.7. The first-order chi connectivity index (χ1) is 7.83. The second-order valence-corrected chi connectivity index (χ2v) is 5.06. The number of para-hydroxylation sites is 1. The van der Waals surface area contributed by atoms with E-state index in [1.165, 1.54) is 12.1 Å². The zero-order valence-electron chi connectivity index (χ0n) is 9.93. The summed E-state index contributed by atoms with van der Waals surface area (Å²) in [6, 6.07) is 5.71. The summed E-state index contributed by atoms with van der Waals surface area (Å²) in [5, 5.41) is 3.00. The fourth-order valence-electron chi connectivity index (χ4n) is 1.89. The van der Waals surface area contributed by atoms with Crippen molar-refractivity contribution in [2.24, 2.45) is 5.41 Å². The molecule has 1 atom stereocenters. The normalized spacial score (nSPS) is 19.8. The maximum Gasteiger partial charge on any atom is 0.418 e. The molecular weight excluding hydrogens is 227 g/mol. The van der Waals surface area contributed by atoms with Crippen LogP contribution in [0.25, 0.3) is 0 Å². The first-order valence-corrected chi connectivity index (χ1v) is 5.76. The van der Waals surface area contributed by atoms with Gasteiger partial charge in [0.1, 0.15) is 0 Å². The van der Waals surface area contributed by atoms with Crippen LogP contribution in [0.5, 0.6) is 0 Å². The highest BCUT2D eigenvalue weighted by atomic mass is 19.4. The van der Waals surface area contributed by atoms with Crippen molar-refractivity contribution in [2.75, 3.05) is 5.32 Å². The van der Waals surface area contributed by atoms with Gasteiger partial charge in [-0.3, -0.25) is 0 Å². The number of alkyl halides is 3. The fraction of sp³-hybridized carbons (Fsp3) is 0.538. The summed E-state index contributed by atoms with van der Waals surface area (Å²) in [5.74, 6) is 0. The van der Waals surface area contributed by atoms with Gasteiger partial charge in [0.05, 0.1) is 5.56 Å². The van der Waals surface area contributed by atoms with Gasteiger partial charge in [0.15, 0.2) is 0 Å². The molecular formula is C13H16F3N. The van der Waals surface area contributed by atoms with Gasteiger partial charge in [-0.15, -0.1) is 0 Å². The zero-order valence-corrected chi connectivity index (χ0v) is 9.93. The molecule has 1 aliphatic carbocycles. The molecule has 1 fully saturated rings. The molecule has 0 spiro atoms. The molecule has 1 nitrogen and oxygen atoms in total. The Bertz CT molecular complexity index is 407. The number of anilines is 1. The van der Waals surface area contributed by atoms with Gasteiger partial charge in [0.25, 0.3) is 0 Å². The van der Waals surface area contributed by atoms with Crippen molar-refractivity contribution in [1.82, 2.24) is 0 Å². The van der Waals surface area contributed by atoms with Gasteiger partial charge >= 0.3 is 6.18 Å². The predicted octanol–water partition coefficient (Wildman–Crippen LogP) is 4.31. The summed E-state index contributed by atoms with van der Waals surface area (Å²) >= 11 is 0. The van der Waals surface area contributed by atoms with Crippen LogP contribution in [-0.4, -0.2) is 6.04 Å². The van der Waals surface area contributed by atoms with E-state index >= 15 is 0 Å². The highest BCUT2D eigenvalue weighted by molar-refractivity contribution is 5.53. The van der Waals surface area contributed by atoms with E-state index in [9.17, 15) is 13.2 Å². The molecule has 94 valence electrons. The second kappa shape index (κ2) is 3.93. The van der Waals surface area contributed by atoms with Crippen LogP contribution in [0.15, 0.2) is 24.3 Å². The third-order valence-corrected chi connectivity index (χ3v) is 3.69. The van der Waals surface area contributed by atoms with Crippen LogP contribution in [-0.2, 0) is 6.18 Å². The van der Waals surface area contributed by atoms with Crippen molar-refractivity contribution >= 4 is 5.69 Å². The summed E-state index contributed by atoms with van der Waals surface area (Å²) in [4.78, 5) is 0. The molecule has 2 rings (SSSR count). The van der Waals surface area contributed by atoms with Gasteiger partial charge in [0.2, 0.25) is 0 Å². The van der Waals surface area contributed by atoms with Crippen molar-refractivity contribution in [3.8, 4) is 0 Å². The van der Waals surface area contributed by atoms with Gasteiger partial charge in [0, 0.05) is 11.7 Å². The molecule has 1 aromatic carbocycles. The molecule has 0 aromatic heterocycles. The number of hydrogen-bond donors (Lipinski definition) is 1. The minimum atomic E-state index is -4.30. The molecule has 0 bridgehead atoms. The van der Waals surface area contributed by atoms with E-state index in [4.69, 9.17) is 0 Å². The van der Waals surface area contributed by atoms with Crippen LogP contribution >= 0.6 is 0 Å². The van der Waals surface area contributed by atoms with Gasteiger partial charge in [-0.1, -0.05) is 19.1 Å². The van der Waals surface area contributed by atoms with Crippen molar-refractivity contribution in [3.05, 3.63) is 29.8 Å². The Morgan fingerprint density at radius 3 is 2.35 bits per heavy atom. The average Bonchev–Trinajstić information content (AvgIpc) is 2.97. The third kappa shape index (κ3) is 2.56. The summed E-state index contributed by atoms with van der Waals surface area (Å²) in [6.07, 6.45) is -2.14. The van der Waals surface area contributed by atoms with Gasteiger partial charge in [-0.25, -0.2) is 0 Å². The Labute approximate surface area is 99.0 Å². The molecule has 0 amide bonds. The molecule has 1 aliphatic rings. The number of hydrogen-bond acceptors (Lipinski definition) is 1. The van der Waals surface area contributed by atoms with E-state index in [1.54, 1.807) is 6.07 Å². The molecule has 1 unspecified atom stereocenters. The molecule has 0 heterocycles. The van der Waals surface area contributed by atoms with Crippen molar-refractivity contribution < 1.29 is 13.2 Å². The third-order valence-electron chi connectivity index (χ3n) is 3.69. The Hall–Kier alpha value is -1.19. The highest BCUT2D eigenvalue weighted by Gasteiger charge is 2.43. The molecule has 0 radical (unpaired) electrons. The van der Waals surface area contributed by atoms with E-state index in [-0.39, 0.29) is 17.1 Å². The maximum absolute atomic E-state index is 12.8. The smallest absolute Gasteiger partial charge is 0.382 e. The molecule has 4 heteroatoms. The van der Waals surface area contributed by atoms with E-state index < -0.39 is 11.7 Å². The largest absolute Gasteiger partial charge is 0.418 e. The van der Waals surface area contributed by atoms with Crippen LogP contribution in [0.4, 0.5) is 18.9 Å². The summed E-state index contributed by atoms with van der Waals surface area (Å²) in [7, 11) is 0. The van der Waals surface area contributed by atoms with Crippen molar-refractivity contribution in [3.63, 3.8) is 0 Å². The average molecular weight is 243 g/mol. The van der Waals surface area contributed by atoms with Crippen molar-refractivity contribution in [1.29, 1.82) is 0 Å². The SMILES string of the molecule is CC(Nc1ccccc1C(F)(F)F)C1(C)CC1. The van der Waals surface area contributed by atoms with E-state index in [0.29, 0.717) is 0 Å². The number of rotatable bonds is 3. The lowest BCUT2D eigenvalue weighted by Gasteiger charge is -2.23. The number of nitrogens with one attached hydrogen (secondary N) is 1. The fourth-order valence-corrected chi connectivity index (χ4v) is 1.89. The minimum Gasteiger partial charge on any atom is -0.382 e. The lowest BCUT2D eigenvalue weighted by atomic mass is 10.00. The van der Waals surface area contributed by atoms with E-state index in [0.717, 1.165) is 18.9 Å². The molecule has 17 heavy (non-hydrogen) atoms. The van der Waals surface area contributed by atoms with E-state index in [2.05, 4.69) is 12.2 Å². The van der Waals surface area contributed by atoms with Crippen LogP contribution in [0.2, 0.25) is 0 Å². The molecule has 1 N–H and O–H groups in total. The highest BCUT2D eigenvalue weighted by Crippen LogP contribution is 2.49. The van der Waals surface area contributed by atoms with Crippen LogP contribution in [0.3, 0.4) is 0 Å². The number of halogens is 3. The lowest BCUT2D eigenvalue weighted by molar-refractivity contribution is -0.137. The topological polar surface area (TPSA) is 12.0 Å². The Morgan fingerprint density at radius 1 is 1.24 bits per heavy atom. The quantitative estimate of drug-likeness (QED) is 0.834. The number of benzene rings is 1. The first-order valence-electron chi connectivity index (χ1n) is 5.76. The maximum atomic E-state index is 12.8. The Kier molecular flexibility index (Phi) is 2.84. The van der Waals surface area contributed by atoms with Crippen LogP contribution < -0.4 is 5.32 Å². The van der Waals surface area contributed by atoms with Crippen LogP contribution in [0, 0.1) is 5.41 Å². The summed E-state index contributed by atoms with van der Waals surface area (Å²) < 4.78 is 38.3. The standard InChI is InChI=1S/C13H16F3N/c1-9(12(2)7-8-12)17-11-6-4-3-5-10(11)13(14,15)16/h3-6,9,17H,7-8H2,1-2H3. The lowest BCUT2D eigenvalue weighted by Crippen LogP contribution is -2.26. The van der Waals surface area contributed by atoms with Crippen molar-refractivity contribution in [2.45, 2.75) is 38.9 Å².